The van der Waals surface area contributed by atoms with Crippen LogP contribution in [0.4, 0.5) is 0 Å². The lowest BCUT2D eigenvalue weighted by molar-refractivity contribution is -0.157. The Morgan fingerprint density at radius 1 is 1.09 bits per heavy atom. The number of hydrogen-bond donors (Lipinski definition) is 1. The molecule has 1 N–H and O–H groups in total. The van der Waals surface area contributed by atoms with Crippen molar-refractivity contribution in [3.63, 3.8) is 0 Å². The summed E-state index contributed by atoms with van der Waals surface area (Å²) in [4.78, 5) is 51.8. The van der Waals surface area contributed by atoms with Crippen molar-refractivity contribution in [2.24, 2.45) is 0 Å². The first kappa shape index (κ1) is 25.4. The van der Waals surface area contributed by atoms with Crippen LogP contribution in [0.15, 0.2) is 48.5 Å². The molecule has 0 aromatic heterocycles. The van der Waals surface area contributed by atoms with E-state index in [2.05, 4.69) is 5.32 Å². The fourth-order valence-corrected chi connectivity index (χ4v) is 4.65. The molecule has 0 radical (unpaired) electrons. The second-order valence-electron chi connectivity index (χ2n) is 8.40. The molecule has 1 aliphatic rings. The van der Waals surface area contributed by atoms with Crippen LogP contribution in [-0.2, 0) is 24.7 Å². The number of halogens is 1. The smallest absolute Gasteiger partial charge is 0.308 e. The molecule has 180 valence electrons. The third-order valence-corrected chi connectivity index (χ3v) is 6.61. The number of ether oxygens (including phenoxy) is 1. The monoisotopic (exact) mass is 484 g/mol. The van der Waals surface area contributed by atoms with Crippen molar-refractivity contribution in [3.05, 3.63) is 70.2 Å². The molecule has 0 saturated heterocycles. The summed E-state index contributed by atoms with van der Waals surface area (Å²) in [5.41, 5.74) is 0.778. The lowest BCUT2D eigenvalue weighted by Crippen LogP contribution is -2.55. The number of benzene rings is 2. The molecule has 1 aliphatic carbocycles. The predicted octanol–water partition coefficient (Wildman–Crippen LogP) is 3.81. The van der Waals surface area contributed by atoms with Crippen LogP contribution in [0.25, 0.3) is 0 Å². The first-order chi connectivity index (χ1) is 16.3. The molecule has 2 amide bonds. The highest BCUT2D eigenvalue weighted by atomic mass is 35.5. The number of aryl methyl sites for hydroxylation is 1. The molecule has 2 aromatic carbocycles. The minimum absolute atomic E-state index is 0.0760. The summed E-state index contributed by atoms with van der Waals surface area (Å²) in [6, 6.07) is 14.2. The van der Waals surface area contributed by atoms with Crippen molar-refractivity contribution in [3.8, 4) is 0 Å². The van der Waals surface area contributed by atoms with Crippen LogP contribution in [0.3, 0.4) is 0 Å². The van der Waals surface area contributed by atoms with Crippen molar-refractivity contribution >= 4 is 35.2 Å². The van der Waals surface area contributed by atoms with Crippen molar-refractivity contribution < 1.29 is 23.9 Å². The summed E-state index contributed by atoms with van der Waals surface area (Å²) in [7, 11) is 1.55. The Morgan fingerprint density at radius 2 is 1.79 bits per heavy atom. The van der Waals surface area contributed by atoms with Crippen LogP contribution in [-0.4, -0.2) is 48.7 Å². The minimum atomic E-state index is -1.18. The molecule has 3 rings (SSSR count). The van der Waals surface area contributed by atoms with E-state index >= 15 is 0 Å². The highest BCUT2D eigenvalue weighted by Crippen LogP contribution is 2.42. The Hall–Kier alpha value is -3.19. The van der Waals surface area contributed by atoms with E-state index in [0.717, 1.165) is 18.4 Å². The Balaban J connectivity index is 1.58. The largest absolute Gasteiger partial charge is 0.456 e. The summed E-state index contributed by atoms with van der Waals surface area (Å²) < 4.78 is 5.15. The highest BCUT2D eigenvalue weighted by Gasteiger charge is 2.47. The van der Waals surface area contributed by atoms with E-state index in [4.69, 9.17) is 16.3 Å². The Kier molecular flexibility index (Phi) is 8.45. The number of Topliss-reactive ketones (excluding diaryl/α,β-unsaturated/α-hetero) is 1. The van der Waals surface area contributed by atoms with Gasteiger partial charge in [-0.25, -0.2) is 0 Å². The van der Waals surface area contributed by atoms with Crippen molar-refractivity contribution in [2.45, 2.75) is 44.6 Å². The maximum absolute atomic E-state index is 13.1. The molecule has 1 atom stereocenters. The van der Waals surface area contributed by atoms with E-state index in [0.29, 0.717) is 29.0 Å². The average Bonchev–Trinajstić information content (AvgIpc) is 2.83. The molecule has 0 aliphatic heterocycles. The third-order valence-electron chi connectivity index (χ3n) is 6.28. The third kappa shape index (κ3) is 5.47. The molecule has 34 heavy (non-hydrogen) atoms. The molecular weight excluding hydrogens is 456 g/mol. The van der Waals surface area contributed by atoms with Gasteiger partial charge in [0.1, 0.15) is 5.54 Å². The fourth-order valence-electron chi connectivity index (χ4n) is 4.35. The van der Waals surface area contributed by atoms with E-state index in [1.807, 2.05) is 19.1 Å². The standard InChI is InChI=1S/C26H29ClN2O5/c1-18-9-3-4-10-19(18)25(33)28-16-14-24(32)34-17-23(31)29(2)26(15-8-7-13-22(26)30)20-11-5-6-12-21(20)27/h3-6,9-12H,7-8,13-17H2,1-2H3,(H,28,33). The lowest BCUT2D eigenvalue weighted by atomic mass is 9.74. The van der Waals surface area contributed by atoms with E-state index < -0.39 is 24.0 Å². The van der Waals surface area contributed by atoms with Gasteiger partial charge in [0.05, 0.1) is 6.42 Å². The zero-order chi connectivity index (χ0) is 24.7. The van der Waals surface area contributed by atoms with Crippen LogP contribution in [0.5, 0.6) is 0 Å². The highest BCUT2D eigenvalue weighted by molar-refractivity contribution is 6.31. The van der Waals surface area contributed by atoms with Gasteiger partial charge in [-0.15, -0.1) is 0 Å². The van der Waals surface area contributed by atoms with E-state index in [1.165, 1.54) is 4.90 Å². The lowest BCUT2D eigenvalue weighted by Gasteiger charge is -2.43. The minimum Gasteiger partial charge on any atom is -0.456 e. The Morgan fingerprint density at radius 3 is 2.50 bits per heavy atom. The van der Waals surface area contributed by atoms with E-state index in [1.54, 1.807) is 43.4 Å². The second kappa shape index (κ2) is 11.3. The van der Waals surface area contributed by atoms with Crippen molar-refractivity contribution in [1.82, 2.24) is 10.2 Å². The van der Waals surface area contributed by atoms with Gasteiger partial charge in [-0.3, -0.25) is 19.2 Å². The Bertz CT molecular complexity index is 1090. The van der Waals surface area contributed by atoms with Crippen LogP contribution < -0.4 is 5.32 Å². The number of likely N-dealkylation sites (N-methyl/N-ethyl adjacent to an activating group) is 1. The first-order valence-corrected chi connectivity index (χ1v) is 11.7. The topological polar surface area (TPSA) is 92.8 Å². The molecule has 7 nitrogen and oxygen atoms in total. The summed E-state index contributed by atoms with van der Waals surface area (Å²) in [6.07, 6.45) is 2.26. The number of carbonyl (C=O) groups is 4. The zero-order valence-electron chi connectivity index (χ0n) is 19.4. The van der Waals surface area contributed by atoms with E-state index in [-0.39, 0.29) is 24.7 Å². The van der Waals surface area contributed by atoms with Gasteiger partial charge in [-0.1, -0.05) is 48.0 Å². The number of ketones is 1. The van der Waals surface area contributed by atoms with Gasteiger partial charge in [0.15, 0.2) is 12.4 Å². The molecule has 0 bridgehead atoms. The number of nitrogens with one attached hydrogen (secondary N) is 1. The first-order valence-electron chi connectivity index (χ1n) is 11.3. The van der Waals surface area contributed by atoms with Gasteiger partial charge in [0, 0.05) is 36.2 Å². The van der Waals surface area contributed by atoms with Gasteiger partial charge in [0.25, 0.3) is 11.8 Å². The summed E-state index contributed by atoms with van der Waals surface area (Å²) in [5.74, 6) is -1.46. The quantitative estimate of drug-likeness (QED) is 0.575. The molecular formula is C26H29ClN2O5. The van der Waals surface area contributed by atoms with Gasteiger partial charge in [-0.2, -0.15) is 0 Å². The molecule has 0 heterocycles. The number of hydrogen-bond acceptors (Lipinski definition) is 5. The molecule has 0 spiro atoms. The van der Waals surface area contributed by atoms with Gasteiger partial charge >= 0.3 is 5.97 Å². The maximum atomic E-state index is 13.1. The average molecular weight is 485 g/mol. The number of esters is 1. The maximum Gasteiger partial charge on any atom is 0.308 e. The number of nitrogens with zero attached hydrogens (tertiary/aromatic N) is 1. The summed E-state index contributed by atoms with van der Waals surface area (Å²) in [6.45, 7) is 1.41. The normalized spacial score (nSPS) is 17.7. The molecule has 1 saturated carbocycles. The summed E-state index contributed by atoms with van der Waals surface area (Å²) in [5, 5.41) is 3.09. The van der Waals surface area contributed by atoms with Gasteiger partial charge in [-0.05, 0) is 43.9 Å². The van der Waals surface area contributed by atoms with Gasteiger partial charge in [0.2, 0.25) is 0 Å². The molecule has 1 unspecified atom stereocenters. The zero-order valence-corrected chi connectivity index (χ0v) is 20.2. The molecule has 2 aromatic rings. The van der Waals surface area contributed by atoms with Crippen LogP contribution in [0.2, 0.25) is 5.02 Å². The van der Waals surface area contributed by atoms with Crippen molar-refractivity contribution in [2.75, 3.05) is 20.2 Å². The number of amides is 2. The second-order valence-corrected chi connectivity index (χ2v) is 8.81. The Labute approximate surface area is 204 Å². The predicted molar refractivity (Wildman–Crippen MR) is 128 cm³/mol. The van der Waals surface area contributed by atoms with Gasteiger partial charge < -0.3 is 15.0 Å². The summed E-state index contributed by atoms with van der Waals surface area (Å²) >= 11 is 6.42. The molecule has 1 fully saturated rings. The fraction of sp³-hybridized carbons (Fsp3) is 0.385. The molecule has 8 heteroatoms. The van der Waals surface area contributed by atoms with E-state index in [9.17, 15) is 19.2 Å². The van der Waals surface area contributed by atoms with Crippen molar-refractivity contribution in [1.29, 1.82) is 0 Å². The SMILES string of the molecule is Cc1ccccc1C(=O)NCCC(=O)OCC(=O)N(C)C1(c2ccccc2Cl)CCCCC1=O. The van der Waals surface area contributed by atoms with Crippen LogP contribution >= 0.6 is 11.6 Å². The van der Waals surface area contributed by atoms with Crippen LogP contribution in [0.1, 0.15) is 53.6 Å². The van der Waals surface area contributed by atoms with Crippen LogP contribution in [0, 0.1) is 6.92 Å². The number of rotatable bonds is 8. The number of carbonyl (C=O) groups excluding carboxylic acids is 4.